The highest BCUT2D eigenvalue weighted by molar-refractivity contribution is 7.13. The third-order valence-corrected chi connectivity index (χ3v) is 4.01. The smallest absolute Gasteiger partial charge is 0.123 e. The molecule has 0 amide bonds. The van der Waals surface area contributed by atoms with Gasteiger partial charge in [0.2, 0.25) is 0 Å². The number of imidazole rings is 1. The normalized spacial score (nSPS) is 11.3. The predicted octanol–water partition coefficient (Wildman–Crippen LogP) is 2.50. The molecule has 5 heteroatoms. The zero-order valence-electron chi connectivity index (χ0n) is 10.2. The van der Waals surface area contributed by atoms with Crippen LogP contribution in [0.25, 0.3) is 21.6 Å². The number of thiazole rings is 1. The molecule has 0 aliphatic carbocycles. The third kappa shape index (κ3) is 1.72. The van der Waals surface area contributed by atoms with Crippen molar-refractivity contribution < 1.29 is 5.11 Å². The van der Waals surface area contributed by atoms with Gasteiger partial charge in [0.15, 0.2) is 0 Å². The second-order valence-electron chi connectivity index (χ2n) is 4.22. The molecule has 2 aromatic heterocycles. The van der Waals surface area contributed by atoms with Gasteiger partial charge < -0.3 is 9.67 Å². The molecule has 0 aliphatic rings. The molecule has 92 valence electrons. The number of aliphatic hydroxyl groups excluding tert-OH is 1. The summed E-state index contributed by atoms with van der Waals surface area (Å²) in [7, 11) is 2.01. The quantitative estimate of drug-likeness (QED) is 0.769. The Kier molecular flexibility index (Phi) is 2.65. The summed E-state index contributed by atoms with van der Waals surface area (Å²) < 4.78 is 2.07. The molecule has 0 atom stereocenters. The van der Waals surface area contributed by atoms with Crippen LogP contribution in [-0.2, 0) is 13.7 Å². The van der Waals surface area contributed by atoms with Crippen LogP contribution in [0.3, 0.4) is 0 Å². The largest absolute Gasteiger partial charge is 0.390 e. The van der Waals surface area contributed by atoms with E-state index in [-0.39, 0.29) is 6.61 Å². The van der Waals surface area contributed by atoms with Gasteiger partial charge in [0, 0.05) is 18.0 Å². The summed E-state index contributed by atoms with van der Waals surface area (Å²) in [5, 5.41) is 11.8. The van der Waals surface area contributed by atoms with Crippen LogP contribution in [0, 0.1) is 6.92 Å². The minimum atomic E-state index is -0.0125. The van der Waals surface area contributed by atoms with Gasteiger partial charge in [-0.25, -0.2) is 9.97 Å². The van der Waals surface area contributed by atoms with Gasteiger partial charge in [-0.2, -0.15) is 0 Å². The van der Waals surface area contributed by atoms with Crippen LogP contribution in [0.4, 0.5) is 0 Å². The van der Waals surface area contributed by atoms with Crippen LogP contribution in [0.1, 0.15) is 11.5 Å². The standard InChI is InChI=1S/C13H13N3OS/c1-8-14-11-5-9(3-4-12(11)16(8)2)13-15-10(6-17)7-18-13/h3-5,7,17H,6H2,1-2H3. The monoisotopic (exact) mass is 259 g/mol. The van der Waals surface area contributed by atoms with E-state index >= 15 is 0 Å². The van der Waals surface area contributed by atoms with E-state index in [1.54, 1.807) is 11.3 Å². The molecule has 3 rings (SSSR count). The number of hydrogen-bond acceptors (Lipinski definition) is 4. The minimum absolute atomic E-state index is 0.0125. The average molecular weight is 259 g/mol. The van der Waals surface area contributed by atoms with E-state index in [4.69, 9.17) is 5.11 Å². The molecule has 0 spiro atoms. The van der Waals surface area contributed by atoms with Crippen molar-refractivity contribution in [2.45, 2.75) is 13.5 Å². The van der Waals surface area contributed by atoms with Crippen molar-refractivity contribution in [3.63, 3.8) is 0 Å². The lowest BCUT2D eigenvalue weighted by atomic mass is 10.2. The topological polar surface area (TPSA) is 50.9 Å². The Bertz CT molecular complexity index is 714. The molecule has 0 saturated carbocycles. The Labute approximate surface area is 109 Å². The molecule has 0 fully saturated rings. The molecule has 4 nitrogen and oxygen atoms in total. The fourth-order valence-electron chi connectivity index (χ4n) is 1.97. The molecule has 0 radical (unpaired) electrons. The number of benzene rings is 1. The number of aliphatic hydroxyl groups is 1. The van der Waals surface area contributed by atoms with E-state index in [0.29, 0.717) is 5.69 Å². The van der Waals surface area contributed by atoms with E-state index in [9.17, 15) is 0 Å². The van der Waals surface area contributed by atoms with Gasteiger partial charge in [0.1, 0.15) is 10.8 Å². The molecule has 18 heavy (non-hydrogen) atoms. The number of nitrogens with zero attached hydrogens (tertiary/aromatic N) is 3. The van der Waals surface area contributed by atoms with Gasteiger partial charge in [-0.05, 0) is 25.1 Å². The van der Waals surface area contributed by atoms with Crippen molar-refractivity contribution in [2.24, 2.45) is 7.05 Å². The maximum Gasteiger partial charge on any atom is 0.123 e. The average Bonchev–Trinajstić information content (AvgIpc) is 2.95. The Morgan fingerprint density at radius 3 is 2.89 bits per heavy atom. The summed E-state index contributed by atoms with van der Waals surface area (Å²) in [4.78, 5) is 8.89. The lowest BCUT2D eigenvalue weighted by Gasteiger charge is -1.98. The molecule has 2 heterocycles. The first-order valence-electron chi connectivity index (χ1n) is 5.68. The highest BCUT2D eigenvalue weighted by atomic mass is 32.1. The summed E-state index contributed by atoms with van der Waals surface area (Å²) in [6.07, 6.45) is 0. The molecule has 1 N–H and O–H groups in total. The first-order valence-corrected chi connectivity index (χ1v) is 6.55. The number of fused-ring (bicyclic) bond motifs is 1. The molecule has 1 aromatic carbocycles. The van der Waals surface area contributed by atoms with Crippen LogP contribution in [0.2, 0.25) is 0 Å². The number of hydrogen-bond donors (Lipinski definition) is 1. The fraction of sp³-hybridized carbons (Fsp3) is 0.231. The lowest BCUT2D eigenvalue weighted by molar-refractivity contribution is 0.278. The minimum Gasteiger partial charge on any atom is -0.390 e. The second-order valence-corrected chi connectivity index (χ2v) is 5.08. The van der Waals surface area contributed by atoms with E-state index in [1.807, 2.05) is 31.5 Å². The van der Waals surface area contributed by atoms with Gasteiger partial charge in [-0.1, -0.05) is 0 Å². The third-order valence-electron chi connectivity index (χ3n) is 3.07. The van der Waals surface area contributed by atoms with Crippen molar-refractivity contribution in [3.05, 3.63) is 35.1 Å². The van der Waals surface area contributed by atoms with E-state index in [1.165, 1.54) is 0 Å². The Hall–Kier alpha value is -1.72. The van der Waals surface area contributed by atoms with Crippen LogP contribution in [0.15, 0.2) is 23.6 Å². The Balaban J connectivity index is 2.13. The van der Waals surface area contributed by atoms with Gasteiger partial charge in [0.25, 0.3) is 0 Å². The van der Waals surface area contributed by atoms with Gasteiger partial charge >= 0.3 is 0 Å². The lowest BCUT2D eigenvalue weighted by Crippen LogP contribution is -1.89. The maximum absolute atomic E-state index is 9.04. The Morgan fingerprint density at radius 1 is 1.33 bits per heavy atom. The SMILES string of the molecule is Cc1nc2cc(-c3nc(CO)cs3)ccc2n1C. The zero-order valence-corrected chi connectivity index (χ0v) is 11.0. The summed E-state index contributed by atoms with van der Waals surface area (Å²) in [6.45, 7) is 1.98. The zero-order chi connectivity index (χ0) is 12.7. The molecule has 3 aromatic rings. The van der Waals surface area contributed by atoms with Gasteiger partial charge in [0.05, 0.1) is 23.3 Å². The molecule has 0 bridgehead atoms. The first kappa shape index (κ1) is 11.4. The number of aryl methyl sites for hydroxylation is 2. The maximum atomic E-state index is 9.04. The van der Waals surface area contributed by atoms with Crippen LogP contribution < -0.4 is 0 Å². The van der Waals surface area contributed by atoms with E-state index < -0.39 is 0 Å². The summed E-state index contributed by atoms with van der Waals surface area (Å²) in [6, 6.07) is 6.15. The van der Waals surface area contributed by atoms with Crippen molar-refractivity contribution in [1.29, 1.82) is 0 Å². The van der Waals surface area contributed by atoms with Crippen molar-refractivity contribution >= 4 is 22.4 Å². The summed E-state index contributed by atoms with van der Waals surface area (Å²) in [5.74, 6) is 0.998. The second kappa shape index (κ2) is 4.19. The van der Waals surface area contributed by atoms with Gasteiger partial charge in [-0.3, -0.25) is 0 Å². The highest BCUT2D eigenvalue weighted by Crippen LogP contribution is 2.27. The first-order chi connectivity index (χ1) is 8.69. The van der Waals surface area contributed by atoms with Crippen LogP contribution >= 0.6 is 11.3 Å². The Morgan fingerprint density at radius 2 is 2.17 bits per heavy atom. The molecule has 0 aliphatic heterocycles. The van der Waals surface area contributed by atoms with Crippen molar-refractivity contribution in [2.75, 3.05) is 0 Å². The molecular weight excluding hydrogens is 246 g/mol. The van der Waals surface area contributed by atoms with Crippen LogP contribution in [-0.4, -0.2) is 19.6 Å². The number of rotatable bonds is 2. The number of aromatic nitrogens is 3. The molecule has 0 unspecified atom stereocenters. The fourth-order valence-corrected chi connectivity index (χ4v) is 2.77. The van der Waals surface area contributed by atoms with E-state index in [2.05, 4.69) is 20.6 Å². The van der Waals surface area contributed by atoms with Crippen molar-refractivity contribution in [3.8, 4) is 10.6 Å². The van der Waals surface area contributed by atoms with Crippen LogP contribution in [0.5, 0.6) is 0 Å². The predicted molar refractivity (Wildman–Crippen MR) is 72.5 cm³/mol. The molecule has 0 saturated heterocycles. The van der Waals surface area contributed by atoms with Gasteiger partial charge in [-0.15, -0.1) is 11.3 Å². The molecular formula is C13H13N3OS. The van der Waals surface area contributed by atoms with Crippen molar-refractivity contribution in [1.82, 2.24) is 14.5 Å². The van der Waals surface area contributed by atoms with E-state index in [0.717, 1.165) is 27.4 Å². The summed E-state index contributed by atoms with van der Waals surface area (Å²) in [5.41, 5.74) is 3.86. The highest BCUT2D eigenvalue weighted by Gasteiger charge is 2.08. The summed E-state index contributed by atoms with van der Waals surface area (Å²) >= 11 is 1.54.